The number of rotatable bonds is 2. The van der Waals surface area contributed by atoms with Crippen LogP contribution >= 0.6 is 15.9 Å². The number of nitrogens with one attached hydrogen (secondary N) is 1. The zero-order chi connectivity index (χ0) is 10.0. The minimum atomic E-state index is -0.944. The van der Waals surface area contributed by atoms with Crippen LogP contribution in [0.2, 0.25) is 0 Å². The van der Waals surface area contributed by atoms with Gasteiger partial charge in [-0.1, -0.05) is 0 Å². The van der Waals surface area contributed by atoms with Crippen LogP contribution in [0.3, 0.4) is 0 Å². The van der Waals surface area contributed by atoms with Crippen molar-refractivity contribution >= 4 is 27.3 Å². The molecule has 0 amide bonds. The van der Waals surface area contributed by atoms with E-state index in [0.29, 0.717) is 0 Å². The molecule has 0 heterocycles. The van der Waals surface area contributed by atoms with Gasteiger partial charge in [-0.05, 0) is 28.1 Å². The van der Waals surface area contributed by atoms with Gasteiger partial charge in [0, 0.05) is 0 Å². The van der Waals surface area contributed by atoms with E-state index in [1.54, 1.807) is 0 Å². The molecule has 0 bridgehead atoms. The average Bonchev–Trinajstić information content (AvgIpc) is 2.08. The Balaban J connectivity index is 3.41. The summed E-state index contributed by atoms with van der Waals surface area (Å²) in [4.78, 5) is 9.56. The molecule has 0 unspecified atom stereocenters. The lowest BCUT2D eigenvalue weighted by atomic mass is 10.2. The second kappa shape index (κ2) is 3.67. The van der Waals surface area contributed by atoms with Crippen LogP contribution in [-0.2, 0) is 0 Å². The van der Waals surface area contributed by atoms with Gasteiger partial charge in [-0.25, -0.2) is 0 Å². The molecular formula is C6H5BrFN3O2. The zero-order valence-corrected chi connectivity index (χ0v) is 7.84. The first-order chi connectivity index (χ1) is 6.07. The molecule has 0 saturated heterocycles. The number of nitro benzene ring substituents is 1. The Bertz CT molecular complexity index is 358. The van der Waals surface area contributed by atoms with Crippen molar-refractivity contribution in [3.8, 4) is 0 Å². The van der Waals surface area contributed by atoms with Crippen molar-refractivity contribution in [2.75, 3.05) is 5.43 Å². The number of nitrogens with two attached hydrogens (primary N) is 1. The van der Waals surface area contributed by atoms with Crippen LogP contribution < -0.4 is 11.3 Å². The fourth-order valence-electron chi connectivity index (χ4n) is 0.835. The van der Waals surface area contributed by atoms with Crippen LogP contribution in [0.5, 0.6) is 0 Å². The average molecular weight is 250 g/mol. The number of hydrogen-bond acceptors (Lipinski definition) is 4. The molecule has 0 aromatic heterocycles. The second-order valence-corrected chi connectivity index (χ2v) is 3.01. The molecule has 0 aliphatic rings. The molecule has 70 valence electrons. The van der Waals surface area contributed by atoms with Crippen molar-refractivity contribution in [3.05, 3.63) is 32.5 Å². The van der Waals surface area contributed by atoms with Crippen LogP contribution in [0.15, 0.2) is 16.6 Å². The van der Waals surface area contributed by atoms with Gasteiger partial charge in [-0.15, -0.1) is 0 Å². The Morgan fingerprint density at radius 2 is 2.23 bits per heavy atom. The Kier molecular flexibility index (Phi) is 2.79. The number of nitro groups is 1. The summed E-state index contributed by atoms with van der Waals surface area (Å²) in [6.45, 7) is 0. The number of hydrazine groups is 1. The van der Waals surface area contributed by atoms with Gasteiger partial charge >= 0.3 is 5.69 Å². The van der Waals surface area contributed by atoms with E-state index in [2.05, 4.69) is 15.9 Å². The highest BCUT2D eigenvalue weighted by molar-refractivity contribution is 9.10. The summed E-state index contributed by atoms with van der Waals surface area (Å²) in [6, 6.07) is 2.64. The Labute approximate surface area is 81.0 Å². The maximum Gasteiger partial charge on any atom is 0.330 e. The van der Waals surface area contributed by atoms with Gasteiger partial charge in [0.2, 0.25) is 5.82 Å². The smallest absolute Gasteiger partial charge is 0.318 e. The Morgan fingerprint density at radius 3 is 2.69 bits per heavy atom. The molecular weight excluding hydrogens is 245 g/mol. The van der Waals surface area contributed by atoms with Crippen molar-refractivity contribution in [2.45, 2.75) is 0 Å². The third kappa shape index (κ3) is 1.76. The SMILES string of the molecule is NNc1ccc(Br)c(F)c1[N+](=O)[O-]. The van der Waals surface area contributed by atoms with Crippen molar-refractivity contribution in [1.29, 1.82) is 0 Å². The van der Waals surface area contributed by atoms with E-state index in [-0.39, 0.29) is 10.2 Å². The highest BCUT2D eigenvalue weighted by Crippen LogP contribution is 2.31. The highest BCUT2D eigenvalue weighted by Gasteiger charge is 2.21. The van der Waals surface area contributed by atoms with Crippen LogP contribution in [0.1, 0.15) is 0 Å². The van der Waals surface area contributed by atoms with E-state index < -0.39 is 16.4 Å². The molecule has 0 spiro atoms. The number of benzene rings is 1. The number of nitrogens with zero attached hydrogens (tertiary/aromatic N) is 1. The fourth-order valence-corrected chi connectivity index (χ4v) is 1.15. The normalized spacial score (nSPS) is 9.77. The molecule has 5 nitrogen and oxygen atoms in total. The lowest BCUT2D eigenvalue weighted by Gasteiger charge is -2.02. The molecule has 13 heavy (non-hydrogen) atoms. The molecule has 1 aromatic rings. The molecule has 0 aliphatic heterocycles. The molecule has 7 heteroatoms. The second-order valence-electron chi connectivity index (χ2n) is 2.16. The van der Waals surface area contributed by atoms with Crippen molar-refractivity contribution in [2.24, 2.45) is 5.84 Å². The van der Waals surface area contributed by atoms with Gasteiger partial charge < -0.3 is 5.43 Å². The Hall–Kier alpha value is -1.21. The topological polar surface area (TPSA) is 81.2 Å². The lowest BCUT2D eigenvalue weighted by molar-refractivity contribution is -0.386. The summed E-state index contributed by atoms with van der Waals surface area (Å²) in [6.07, 6.45) is 0. The van der Waals surface area contributed by atoms with Crippen molar-refractivity contribution in [3.63, 3.8) is 0 Å². The number of nitrogen functional groups attached to an aromatic ring is 1. The van der Waals surface area contributed by atoms with E-state index in [9.17, 15) is 14.5 Å². The molecule has 1 aromatic carbocycles. The van der Waals surface area contributed by atoms with Crippen LogP contribution in [0.4, 0.5) is 15.8 Å². The summed E-state index contributed by atoms with van der Waals surface area (Å²) < 4.78 is 13.1. The van der Waals surface area contributed by atoms with Gasteiger partial charge in [-0.2, -0.15) is 4.39 Å². The number of halogens is 2. The standard InChI is InChI=1S/C6H5BrFN3O2/c7-3-1-2-4(10-9)6(5(3)8)11(12)13/h1-2,10H,9H2. The number of anilines is 1. The van der Waals surface area contributed by atoms with Crippen LogP contribution in [0.25, 0.3) is 0 Å². The summed E-state index contributed by atoms with van der Waals surface area (Å²) in [7, 11) is 0. The minimum Gasteiger partial charge on any atom is -0.318 e. The maximum atomic E-state index is 13.1. The predicted molar refractivity (Wildman–Crippen MR) is 48.6 cm³/mol. The van der Waals surface area contributed by atoms with E-state index >= 15 is 0 Å². The number of hydrogen-bond donors (Lipinski definition) is 2. The van der Waals surface area contributed by atoms with Crippen molar-refractivity contribution < 1.29 is 9.31 Å². The highest BCUT2D eigenvalue weighted by atomic mass is 79.9. The summed E-state index contributed by atoms with van der Waals surface area (Å²) in [5, 5.41) is 10.4. The maximum absolute atomic E-state index is 13.1. The quantitative estimate of drug-likeness (QED) is 0.476. The molecule has 0 saturated carbocycles. The fraction of sp³-hybridized carbons (Fsp3) is 0. The van der Waals surface area contributed by atoms with Gasteiger partial charge in [0.15, 0.2) is 0 Å². The van der Waals surface area contributed by atoms with Gasteiger partial charge in [0.25, 0.3) is 0 Å². The van der Waals surface area contributed by atoms with Gasteiger partial charge in [-0.3, -0.25) is 16.0 Å². The summed E-state index contributed by atoms with van der Waals surface area (Å²) in [5.41, 5.74) is 1.31. The monoisotopic (exact) mass is 249 g/mol. The van der Waals surface area contributed by atoms with E-state index in [1.807, 2.05) is 5.43 Å². The Morgan fingerprint density at radius 1 is 1.62 bits per heavy atom. The van der Waals surface area contributed by atoms with E-state index in [0.717, 1.165) is 0 Å². The van der Waals surface area contributed by atoms with Crippen molar-refractivity contribution in [1.82, 2.24) is 0 Å². The molecule has 0 atom stereocenters. The molecule has 1 rings (SSSR count). The molecule has 0 radical (unpaired) electrons. The molecule has 0 aliphatic carbocycles. The molecule has 0 fully saturated rings. The first-order valence-electron chi connectivity index (χ1n) is 3.17. The first kappa shape index (κ1) is 9.87. The van der Waals surface area contributed by atoms with E-state index in [1.165, 1.54) is 12.1 Å². The summed E-state index contributed by atoms with van der Waals surface area (Å²) >= 11 is 2.83. The van der Waals surface area contributed by atoms with Gasteiger partial charge in [0.05, 0.1) is 9.40 Å². The van der Waals surface area contributed by atoms with Crippen LogP contribution in [0, 0.1) is 15.9 Å². The largest absolute Gasteiger partial charge is 0.330 e. The minimum absolute atomic E-state index is 0.0261. The third-order valence-electron chi connectivity index (χ3n) is 1.41. The van der Waals surface area contributed by atoms with Gasteiger partial charge in [0.1, 0.15) is 5.69 Å². The molecule has 3 N–H and O–H groups in total. The summed E-state index contributed by atoms with van der Waals surface area (Å²) in [5.74, 6) is 4.03. The third-order valence-corrected chi connectivity index (χ3v) is 2.02. The predicted octanol–water partition coefficient (Wildman–Crippen LogP) is 1.78. The lowest BCUT2D eigenvalue weighted by Crippen LogP contribution is -2.10. The van der Waals surface area contributed by atoms with E-state index in [4.69, 9.17) is 5.84 Å². The van der Waals surface area contributed by atoms with Crippen LogP contribution in [-0.4, -0.2) is 4.92 Å². The zero-order valence-electron chi connectivity index (χ0n) is 6.25. The first-order valence-corrected chi connectivity index (χ1v) is 3.96.